The van der Waals surface area contributed by atoms with Crippen LogP contribution in [0.3, 0.4) is 0 Å². The van der Waals surface area contributed by atoms with Crippen LogP contribution in [0.5, 0.6) is 5.75 Å². The van der Waals surface area contributed by atoms with Crippen molar-refractivity contribution in [1.82, 2.24) is 19.7 Å². The van der Waals surface area contributed by atoms with Gasteiger partial charge in [-0.15, -0.1) is 0 Å². The molecule has 290 valence electrons. The summed E-state index contributed by atoms with van der Waals surface area (Å²) in [5.41, 5.74) is 9.80. The van der Waals surface area contributed by atoms with E-state index in [0.29, 0.717) is 11.1 Å². The Morgan fingerprint density at radius 1 is 0.981 bits per heavy atom. The summed E-state index contributed by atoms with van der Waals surface area (Å²) < 4.78 is 55.9. The Hall–Kier alpha value is -4.61. The lowest BCUT2D eigenvalue weighted by Crippen LogP contribution is -2.55. The van der Waals surface area contributed by atoms with Crippen LogP contribution in [0.1, 0.15) is 52.8 Å². The van der Waals surface area contributed by atoms with Crippen LogP contribution < -0.4 is 21.1 Å². The van der Waals surface area contributed by atoms with Gasteiger partial charge in [0.1, 0.15) is 35.3 Å². The predicted octanol–water partition coefficient (Wildman–Crippen LogP) is 2.46. The van der Waals surface area contributed by atoms with E-state index < -0.39 is 79.5 Å². The zero-order valence-corrected chi connectivity index (χ0v) is 31.8. The molecule has 1 aliphatic heterocycles. The minimum atomic E-state index is -4.51. The van der Waals surface area contributed by atoms with Gasteiger partial charge in [-0.05, 0) is 50.1 Å². The molecule has 3 aromatic rings. The van der Waals surface area contributed by atoms with Crippen molar-refractivity contribution < 1.29 is 56.5 Å². The Bertz CT molecular complexity index is 1850. The number of methoxy groups -OCH3 is 2. The molecule has 6 atom stereocenters. The van der Waals surface area contributed by atoms with Crippen LogP contribution in [0.2, 0.25) is 0 Å². The third-order valence-electron chi connectivity index (χ3n) is 8.51. The lowest BCUT2D eigenvalue weighted by atomic mass is 9.85. The first-order valence-electron chi connectivity index (χ1n) is 16.8. The Labute approximate surface area is 306 Å². The van der Waals surface area contributed by atoms with Crippen molar-refractivity contribution in [2.75, 3.05) is 33.2 Å². The molecule has 19 heteroatoms. The lowest BCUT2D eigenvalue weighted by Gasteiger charge is -2.38. The number of ether oxygens (including phenoxy) is 5. The van der Waals surface area contributed by atoms with E-state index in [-0.39, 0.29) is 30.3 Å². The molecular formula is C34H47N6O12P. The van der Waals surface area contributed by atoms with E-state index in [1.807, 2.05) is 0 Å². The highest BCUT2D eigenvalue weighted by atomic mass is 31.2. The molecule has 1 saturated heterocycles. The summed E-state index contributed by atoms with van der Waals surface area (Å²) in [7, 11) is -2.12. The highest BCUT2D eigenvalue weighted by molar-refractivity contribution is 7.52. The van der Waals surface area contributed by atoms with Gasteiger partial charge in [0, 0.05) is 0 Å². The van der Waals surface area contributed by atoms with Gasteiger partial charge in [-0.3, -0.25) is 23.7 Å². The smallest absolute Gasteiger partial charge is 0.459 e. The summed E-state index contributed by atoms with van der Waals surface area (Å²) in [6.45, 7) is 8.52. The number of nitrogen functional groups attached to an aromatic ring is 1. The molecule has 1 fully saturated rings. The first-order valence-corrected chi connectivity index (χ1v) is 18.3. The molecule has 1 aromatic carbocycles. The van der Waals surface area contributed by atoms with Crippen LogP contribution in [-0.4, -0.2) is 89.7 Å². The fourth-order valence-corrected chi connectivity index (χ4v) is 7.09. The summed E-state index contributed by atoms with van der Waals surface area (Å²) in [5.74, 6) is -3.68. The molecular weight excluding hydrogens is 715 g/mol. The Morgan fingerprint density at radius 2 is 1.62 bits per heavy atom. The minimum absolute atomic E-state index is 0.0608. The molecule has 0 bridgehead atoms. The van der Waals surface area contributed by atoms with E-state index in [0.717, 1.165) is 7.11 Å². The van der Waals surface area contributed by atoms with Gasteiger partial charge in [-0.2, -0.15) is 10.2 Å². The number of carbonyl (C=O) groups is 4. The fraction of sp³-hybridized carbons (Fsp3) is 0.529. The molecule has 3 heterocycles. The summed E-state index contributed by atoms with van der Waals surface area (Å²) in [5, 5.41) is 6.90. The molecule has 0 spiro atoms. The molecule has 1 unspecified atom stereocenters. The van der Waals surface area contributed by atoms with Crippen molar-refractivity contribution in [2.24, 2.45) is 17.6 Å². The Morgan fingerprint density at radius 3 is 2.23 bits per heavy atom. The number of esters is 4. The van der Waals surface area contributed by atoms with Crippen molar-refractivity contribution in [2.45, 2.75) is 77.4 Å². The van der Waals surface area contributed by atoms with Crippen LogP contribution >= 0.6 is 7.75 Å². The quantitative estimate of drug-likeness (QED) is 0.108. The number of hydrogen-bond donors (Lipinski definition) is 3. The zero-order chi connectivity index (χ0) is 39.3. The maximum absolute atomic E-state index is 14.5. The van der Waals surface area contributed by atoms with Crippen molar-refractivity contribution in [3.63, 3.8) is 0 Å². The van der Waals surface area contributed by atoms with Crippen molar-refractivity contribution in [1.29, 1.82) is 0 Å². The molecule has 1 aliphatic rings. The number of fused-ring (bicyclic) bond motifs is 1. The fourth-order valence-electron chi connectivity index (χ4n) is 5.50. The van der Waals surface area contributed by atoms with E-state index in [1.54, 1.807) is 52.0 Å². The van der Waals surface area contributed by atoms with Crippen LogP contribution in [-0.2, 0) is 64.0 Å². The van der Waals surface area contributed by atoms with Crippen LogP contribution in [0.4, 0.5) is 5.82 Å². The maximum Gasteiger partial charge on any atom is 0.459 e. The number of rotatable bonds is 16. The number of aromatic nitrogens is 3. The van der Waals surface area contributed by atoms with E-state index in [4.69, 9.17) is 39.5 Å². The third kappa shape index (κ3) is 9.13. The van der Waals surface area contributed by atoms with Crippen LogP contribution in [0, 0.1) is 11.8 Å². The Balaban J connectivity index is 1.75. The van der Waals surface area contributed by atoms with Crippen LogP contribution in [0.25, 0.3) is 5.52 Å². The maximum atomic E-state index is 14.5. The minimum Gasteiger partial charge on any atom is -0.468 e. The molecule has 53 heavy (non-hydrogen) atoms. The van der Waals surface area contributed by atoms with E-state index in [2.05, 4.69) is 19.9 Å². The first kappa shape index (κ1) is 41.2. The normalized spacial score (nSPS) is 22.2. The van der Waals surface area contributed by atoms with E-state index in [9.17, 15) is 23.7 Å². The third-order valence-corrected chi connectivity index (χ3v) is 10.1. The number of benzene rings is 1. The van der Waals surface area contributed by atoms with Crippen molar-refractivity contribution >= 4 is 43.0 Å². The second-order valence-electron chi connectivity index (χ2n) is 13.4. The van der Waals surface area contributed by atoms with Crippen molar-refractivity contribution in [3.8, 4) is 5.75 Å². The average molecular weight is 763 g/mol. The number of nitrogens with one attached hydrogen (secondary N) is 1. The van der Waals surface area contributed by atoms with Gasteiger partial charge in [0.25, 0.3) is 0 Å². The Kier molecular flexibility index (Phi) is 12.9. The molecule has 0 saturated carbocycles. The highest BCUT2D eigenvalue weighted by Gasteiger charge is 2.64. The summed E-state index contributed by atoms with van der Waals surface area (Å²) in [6.07, 6.45) is -0.0469. The van der Waals surface area contributed by atoms with Gasteiger partial charge in [0.15, 0.2) is 11.9 Å². The second kappa shape index (κ2) is 16.6. The van der Waals surface area contributed by atoms with E-state index >= 15 is 0 Å². The van der Waals surface area contributed by atoms with E-state index in [1.165, 1.54) is 43.9 Å². The van der Waals surface area contributed by atoms with Gasteiger partial charge in [0.2, 0.25) is 5.60 Å². The molecule has 2 aromatic heterocycles. The van der Waals surface area contributed by atoms with Gasteiger partial charge in [0.05, 0.1) is 45.0 Å². The second-order valence-corrected chi connectivity index (χ2v) is 15.1. The number of nitrogens with zero attached hydrogens (tertiary/aromatic N) is 3. The van der Waals surface area contributed by atoms with Gasteiger partial charge < -0.3 is 39.7 Å². The van der Waals surface area contributed by atoms with Crippen molar-refractivity contribution in [3.05, 3.63) is 54.0 Å². The molecule has 5 N–H and O–H groups in total. The van der Waals surface area contributed by atoms with Gasteiger partial charge >= 0.3 is 31.6 Å². The largest absolute Gasteiger partial charge is 0.468 e. The predicted molar refractivity (Wildman–Crippen MR) is 188 cm³/mol. The van der Waals surface area contributed by atoms with Crippen LogP contribution in [0.15, 0.2) is 42.7 Å². The zero-order valence-electron chi connectivity index (χ0n) is 30.9. The molecule has 4 rings (SSSR count). The SMILES string of the molecule is COC(=O)[C@H](C)NP(=O)(OC[C@@]1(C)OC[C@](OC(=O)C(C)C)(c2ccc3c(N)ncnn23)[C@@H]1OC(=O)C(C)C)Oc1ccc(C[C@H](N)C(=O)OC)cc1. The summed E-state index contributed by atoms with van der Waals surface area (Å²) >= 11 is 0. The summed E-state index contributed by atoms with van der Waals surface area (Å²) in [4.78, 5) is 55.0. The highest BCUT2D eigenvalue weighted by Crippen LogP contribution is 2.51. The number of anilines is 1. The number of carbonyl (C=O) groups excluding carboxylic acids is 4. The first-order chi connectivity index (χ1) is 24.9. The molecule has 0 aliphatic carbocycles. The lowest BCUT2D eigenvalue weighted by molar-refractivity contribution is -0.193. The topological polar surface area (TPSA) is 244 Å². The standard InChI is InChI=1S/C34H47N6O12P/c1-19(2)28(41)50-32-33(6,48-17-34(32,51-29(42)20(3)4)26-14-13-25-27(36)37-18-38-40(25)26)16-49-53(45,39-21(5)30(43)46-7)52-23-11-9-22(10-12-23)15-24(35)31(44)47-8/h9-14,18-21,24,32H,15-17,35H2,1-8H3,(H,39,45)(H2,36,37,38)/t21-,24-,32+,33+,34-,53?/m0/s1. The molecule has 18 nitrogen and oxygen atoms in total. The average Bonchev–Trinajstić information content (AvgIpc) is 3.68. The monoisotopic (exact) mass is 762 g/mol. The molecule has 0 radical (unpaired) electrons. The van der Waals surface area contributed by atoms with Gasteiger partial charge in [-0.1, -0.05) is 39.8 Å². The molecule has 0 amide bonds. The van der Waals surface area contributed by atoms with Gasteiger partial charge in [-0.25, -0.2) is 14.1 Å². The number of hydrogen-bond acceptors (Lipinski definition) is 16. The number of nitrogens with two attached hydrogens (primary N) is 2. The summed E-state index contributed by atoms with van der Waals surface area (Å²) in [6, 6.07) is 7.29.